The van der Waals surface area contributed by atoms with Crippen LogP contribution in [0.2, 0.25) is 0 Å². The summed E-state index contributed by atoms with van der Waals surface area (Å²) >= 11 is 7.16. The van der Waals surface area contributed by atoms with Crippen molar-refractivity contribution >= 4 is 48.7 Å². The molecule has 9 nitrogen and oxygen atoms in total. The molecule has 5 rings (SSSR count). The first-order valence-corrected chi connectivity index (χ1v) is 13.0. The minimum atomic E-state index is -1.86. The van der Waals surface area contributed by atoms with Crippen molar-refractivity contribution in [1.29, 1.82) is 0 Å². The van der Waals surface area contributed by atoms with Crippen LogP contribution in [0.25, 0.3) is 10.9 Å². The van der Waals surface area contributed by atoms with Crippen LogP contribution in [0.4, 0.5) is 0 Å². The van der Waals surface area contributed by atoms with Crippen LogP contribution in [0.3, 0.4) is 0 Å². The van der Waals surface area contributed by atoms with Gasteiger partial charge in [-0.05, 0) is 68.5 Å². The summed E-state index contributed by atoms with van der Waals surface area (Å²) in [5.74, 6) is 7.28. The molecule has 36 heavy (non-hydrogen) atoms. The van der Waals surface area contributed by atoms with Gasteiger partial charge in [0.05, 0.1) is 32.4 Å². The van der Waals surface area contributed by atoms with Crippen molar-refractivity contribution in [1.82, 2.24) is 4.98 Å². The number of carbonyl (C=O) groups is 1. The molecule has 1 unspecified atom stereocenters. The van der Waals surface area contributed by atoms with Crippen LogP contribution in [0.1, 0.15) is 25.7 Å². The number of aromatic nitrogens is 1. The van der Waals surface area contributed by atoms with Gasteiger partial charge in [0.2, 0.25) is 6.29 Å². The van der Waals surface area contributed by atoms with Gasteiger partial charge in [0.1, 0.15) is 35.9 Å². The number of aliphatic carboxylic acids is 1. The number of nitrogens with one attached hydrogen (secondary N) is 1. The molecular formula is C24H24Br2NNaO8. The molecule has 2 aromatic rings. The molecule has 3 aliphatic rings. The van der Waals surface area contributed by atoms with E-state index in [0.29, 0.717) is 45.5 Å². The van der Waals surface area contributed by atoms with Gasteiger partial charge in [0.25, 0.3) is 0 Å². The van der Waals surface area contributed by atoms with Crippen LogP contribution in [0.5, 0.6) is 11.5 Å². The van der Waals surface area contributed by atoms with E-state index in [1.807, 2.05) is 6.07 Å². The van der Waals surface area contributed by atoms with Crippen LogP contribution in [0, 0.1) is 29.6 Å². The molecule has 2 aliphatic carbocycles. The van der Waals surface area contributed by atoms with E-state index in [0.717, 1.165) is 30.2 Å². The van der Waals surface area contributed by atoms with Crippen molar-refractivity contribution < 1.29 is 69.0 Å². The zero-order valence-corrected chi connectivity index (χ0v) is 24.6. The predicted molar refractivity (Wildman–Crippen MR) is 128 cm³/mol. The Bertz CT molecular complexity index is 1180. The normalized spacial score (nSPS) is 33.2. The molecule has 188 valence electrons. The van der Waals surface area contributed by atoms with Crippen LogP contribution >= 0.6 is 31.9 Å². The largest absolute Gasteiger partial charge is 1.00 e. The van der Waals surface area contributed by atoms with E-state index in [1.54, 1.807) is 0 Å². The zero-order chi connectivity index (χ0) is 24.9. The Morgan fingerprint density at radius 3 is 2.44 bits per heavy atom. The van der Waals surface area contributed by atoms with Crippen molar-refractivity contribution in [2.45, 2.75) is 56.4 Å². The number of aliphatic hydroxyl groups is 3. The number of H-pyrrole nitrogens is 1. The first-order valence-electron chi connectivity index (χ1n) is 11.4. The fourth-order valence-electron chi connectivity index (χ4n) is 5.12. The van der Waals surface area contributed by atoms with Crippen molar-refractivity contribution in [3.8, 4) is 23.3 Å². The summed E-state index contributed by atoms with van der Waals surface area (Å²) in [6, 6.07) is 1.83. The molecule has 2 fully saturated rings. The molecule has 12 heteroatoms. The number of ether oxygens (including phenoxy) is 3. The van der Waals surface area contributed by atoms with Gasteiger partial charge >= 0.3 is 29.6 Å². The first-order chi connectivity index (χ1) is 16.8. The number of carbonyl (C=O) groups excluding carboxylic acids is 1. The number of hydrogen-bond donors (Lipinski definition) is 4. The fraction of sp³-hybridized carbons (Fsp3) is 0.542. The average molecular weight is 637 g/mol. The molecule has 1 aromatic carbocycles. The molecule has 1 aromatic heterocycles. The smallest absolute Gasteiger partial charge is 0.547 e. The summed E-state index contributed by atoms with van der Waals surface area (Å²) in [6.07, 6.45) is -3.17. The molecule has 1 saturated heterocycles. The summed E-state index contributed by atoms with van der Waals surface area (Å²) in [4.78, 5) is 14.3. The van der Waals surface area contributed by atoms with E-state index in [2.05, 4.69) is 48.7 Å². The van der Waals surface area contributed by atoms with E-state index < -0.39 is 36.7 Å². The fourth-order valence-corrected chi connectivity index (χ4v) is 6.67. The first kappa shape index (κ1) is 28.2. The van der Waals surface area contributed by atoms with Gasteiger partial charge in [0, 0.05) is 19.0 Å². The molecule has 4 N–H and O–H groups in total. The van der Waals surface area contributed by atoms with Gasteiger partial charge < -0.3 is 44.4 Å². The molecule has 0 bridgehead atoms. The summed E-state index contributed by atoms with van der Waals surface area (Å²) in [5.41, 5.74) is 0.679. The Balaban J connectivity index is 0.00000304. The van der Waals surface area contributed by atoms with Crippen molar-refractivity contribution in [2.24, 2.45) is 17.8 Å². The Morgan fingerprint density at radius 2 is 1.81 bits per heavy atom. The minimum Gasteiger partial charge on any atom is -0.547 e. The van der Waals surface area contributed by atoms with Crippen molar-refractivity contribution in [2.75, 3.05) is 6.61 Å². The molecule has 8 atom stereocenters. The number of benzene rings is 1. The maximum Gasteiger partial charge on any atom is 1.00 e. The molecular weight excluding hydrogens is 613 g/mol. The maximum atomic E-state index is 11.3. The average Bonchev–Trinajstić information content (AvgIpc) is 3.26. The number of carboxylic acids is 1. The second-order valence-corrected chi connectivity index (χ2v) is 10.8. The van der Waals surface area contributed by atoms with E-state index >= 15 is 0 Å². The van der Waals surface area contributed by atoms with Gasteiger partial charge in [0.15, 0.2) is 0 Å². The van der Waals surface area contributed by atoms with Crippen molar-refractivity contribution in [3.63, 3.8) is 0 Å². The predicted octanol–water partition coefficient (Wildman–Crippen LogP) is -1.55. The summed E-state index contributed by atoms with van der Waals surface area (Å²) in [6.45, 7) is 0.570. The standard InChI is InChI=1S/C24H25Br2NO8.Na/c25-13-7-14-16(17(26)21(13)33-9-12-10-5-3-1-2-4-6-11(10)12)15(8-27-14)34-24-20(30)18(28)19(29)22(35-24)23(31)32;/h7-8,10-12,18-20,22,24,27-30H,3-6,9H2,(H,31,32);/q;+1/p-1/t10-,11+,12?,18-,19-,20+,22-,24+;/m0./s1. The summed E-state index contributed by atoms with van der Waals surface area (Å²) < 4.78 is 18.5. The monoisotopic (exact) mass is 635 g/mol. The zero-order valence-electron chi connectivity index (χ0n) is 19.4. The number of carboxylic acid groups (broad SMARTS) is 1. The molecule has 1 aliphatic heterocycles. The van der Waals surface area contributed by atoms with E-state index in [9.17, 15) is 25.2 Å². The van der Waals surface area contributed by atoms with Gasteiger partial charge in [-0.25, -0.2) is 0 Å². The van der Waals surface area contributed by atoms with Crippen molar-refractivity contribution in [3.05, 3.63) is 21.2 Å². The molecule has 0 radical (unpaired) electrons. The Kier molecular flexibility index (Phi) is 9.02. The Morgan fingerprint density at radius 1 is 1.14 bits per heavy atom. The summed E-state index contributed by atoms with van der Waals surface area (Å²) in [7, 11) is 0. The van der Waals surface area contributed by atoms with E-state index in [-0.39, 0.29) is 35.3 Å². The van der Waals surface area contributed by atoms with E-state index in [4.69, 9.17) is 14.2 Å². The third kappa shape index (κ3) is 5.35. The quantitative estimate of drug-likeness (QED) is 0.221. The molecule has 2 heterocycles. The Hall–Kier alpha value is -0.810. The number of rotatable bonds is 6. The minimum absolute atomic E-state index is 0. The van der Waals surface area contributed by atoms with Crippen LogP contribution in [-0.2, 0) is 9.53 Å². The summed E-state index contributed by atoms with van der Waals surface area (Å²) in [5, 5.41) is 42.1. The number of hydrogen-bond acceptors (Lipinski definition) is 8. The number of fused-ring (bicyclic) bond motifs is 2. The van der Waals surface area contributed by atoms with Gasteiger partial charge in [-0.1, -0.05) is 0 Å². The Labute approximate surface area is 246 Å². The molecule has 0 amide bonds. The molecule has 1 saturated carbocycles. The van der Waals surface area contributed by atoms with Gasteiger partial charge in [-0.15, -0.1) is 11.8 Å². The number of aromatic amines is 1. The SMILES string of the molecule is O=C([O-])[C@H]1O[C@@H](Oc2c[nH]c3cc(Br)c(OCC4[C@H]5CCC#CCC[C@@H]45)c(Br)c23)[C@H](O)[C@@H](O)[C@@H]1O.[Na+]. The van der Waals surface area contributed by atoms with Crippen LogP contribution in [0.15, 0.2) is 21.2 Å². The third-order valence-electron chi connectivity index (χ3n) is 7.09. The van der Waals surface area contributed by atoms with Gasteiger partial charge in [-0.3, -0.25) is 0 Å². The molecule has 0 spiro atoms. The maximum absolute atomic E-state index is 11.3. The second-order valence-electron chi connectivity index (χ2n) is 9.14. The van der Waals surface area contributed by atoms with Crippen LogP contribution < -0.4 is 44.1 Å². The number of halogens is 2. The van der Waals surface area contributed by atoms with Crippen LogP contribution in [-0.4, -0.2) is 63.6 Å². The van der Waals surface area contributed by atoms with Gasteiger partial charge in [-0.2, -0.15) is 0 Å². The topological polar surface area (TPSA) is 144 Å². The van der Waals surface area contributed by atoms with E-state index in [1.165, 1.54) is 6.20 Å². The third-order valence-corrected chi connectivity index (χ3v) is 8.43. The second kappa shape index (κ2) is 11.5. The number of aliphatic hydroxyl groups excluding tert-OH is 3.